The van der Waals surface area contributed by atoms with Crippen LogP contribution in [0.3, 0.4) is 0 Å². The van der Waals surface area contributed by atoms with Crippen molar-refractivity contribution in [2.24, 2.45) is 0 Å². The highest BCUT2D eigenvalue weighted by Crippen LogP contribution is 2.31. The molecule has 0 spiro atoms. The van der Waals surface area contributed by atoms with Crippen molar-refractivity contribution >= 4 is 11.6 Å². The summed E-state index contributed by atoms with van der Waals surface area (Å²) < 4.78 is 4.97. The van der Waals surface area contributed by atoms with Crippen molar-refractivity contribution in [3.05, 3.63) is 71.5 Å². The number of hydrogen-bond donors (Lipinski definition) is 0. The second-order valence-electron chi connectivity index (χ2n) is 4.50. The van der Waals surface area contributed by atoms with Crippen LogP contribution in [0.5, 0.6) is 0 Å². The molecule has 0 bridgehead atoms. The molecule has 0 saturated heterocycles. The fraction of sp³-hybridized carbons (Fsp3) is 0.0588. The van der Waals surface area contributed by atoms with Crippen LogP contribution in [0.4, 0.5) is 0 Å². The number of allylic oxidation sites excluding steroid dienone is 2. The van der Waals surface area contributed by atoms with Gasteiger partial charge >= 0.3 is 0 Å². The van der Waals surface area contributed by atoms with Gasteiger partial charge in [-0.2, -0.15) is 0 Å². The molecule has 0 amide bonds. The number of methoxy groups -OCH3 is 1. The Morgan fingerprint density at radius 1 is 0.850 bits per heavy atom. The molecule has 0 saturated carbocycles. The molecule has 0 unspecified atom stereocenters. The highest BCUT2D eigenvalue weighted by atomic mass is 16.5. The predicted octanol–water partition coefficient (Wildman–Crippen LogP) is 3.26. The zero-order valence-electron chi connectivity index (χ0n) is 10.9. The highest BCUT2D eigenvalue weighted by Gasteiger charge is 2.28. The van der Waals surface area contributed by atoms with Crippen LogP contribution < -0.4 is 0 Å². The number of hydrogen-bond acceptors (Lipinski definition) is 3. The van der Waals surface area contributed by atoms with Gasteiger partial charge in [-0.05, 0) is 11.1 Å². The van der Waals surface area contributed by atoms with Gasteiger partial charge in [0.25, 0.3) is 0 Å². The van der Waals surface area contributed by atoms with Gasteiger partial charge in [-0.25, -0.2) is 0 Å². The van der Waals surface area contributed by atoms with Crippen molar-refractivity contribution in [1.82, 2.24) is 0 Å². The SMILES string of the molecule is COC1=CC(=O)c2c(cccc2-c2ccccc2)C1=O. The minimum atomic E-state index is -0.250. The number of ketones is 2. The van der Waals surface area contributed by atoms with Crippen LogP contribution in [0.25, 0.3) is 11.1 Å². The van der Waals surface area contributed by atoms with E-state index in [9.17, 15) is 9.59 Å². The van der Waals surface area contributed by atoms with Crippen molar-refractivity contribution in [3.63, 3.8) is 0 Å². The van der Waals surface area contributed by atoms with Crippen LogP contribution in [0.15, 0.2) is 60.4 Å². The van der Waals surface area contributed by atoms with Gasteiger partial charge in [-0.3, -0.25) is 9.59 Å². The molecule has 20 heavy (non-hydrogen) atoms. The molecule has 1 aliphatic carbocycles. The molecule has 3 rings (SSSR count). The molecule has 0 fully saturated rings. The zero-order valence-corrected chi connectivity index (χ0v) is 10.9. The molecule has 2 aromatic rings. The molecule has 0 N–H and O–H groups in total. The lowest BCUT2D eigenvalue weighted by atomic mass is 9.87. The van der Waals surface area contributed by atoms with Gasteiger partial charge in [0.15, 0.2) is 11.5 Å². The van der Waals surface area contributed by atoms with Crippen LogP contribution in [-0.2, 0) is 4.74 Å². The molecular weight excluding hydrogens is 252 g/mol. The summed E-state index contributed by atoms with van der Waals surface area (Å²) in [7, 11) is 1.39. The van der Waals surface area contributed by atoms with E-state index in [4.69, 9.17) is 4.74 Å². The first-order valence-corrected chi connectivity index (χ1v) is 6.25. The van der Waals surface area contributed by atoms with E-state index in [-0.39, 0.29) is 17.3 Å². The molecule has 0 radical (unpaired) electrons. The Balaban J connectivity index is 2.24. The molecule has 0 aromatic heterocycles. The number of ether oxygens (including phenoxy) is 1. The van der Waals surface area contributed by atoms with E-state index >= 15 is 0 Å². The van der Waals surface area contributed by atoms with Gasteiger partial charge in [-0.15, -0.1) is 0 Å². The van der Waals surface area contributed by atoms with E-state index in [0.717, 1.165) is 11.1 Å². The summed E-state index contributed by atoms with van der Waals surface area (Å²) in [5, 5.41) is 0. The molecule has 0 atom stereocenters. The second-order valence-corrected chi connectivity index (χ2v) is 4.50. The fourth-order valence-corrected chi connectivity index (χ4v) is 2.41. The largest absolute Gasteiger partial charge is 0.492 e. The van der Waals surface area contributed by atoms with Crippen LogP contribution >= 0.6 is 0 Å². The van der Waals surface area contributed by atoms with E-state index in [1.165, 1.54) is 13.2 Å². The molecule has 0 aliphatic heterocycles. The van der Waals surface area contributed by atoms with E-state index in [1.54, 1.807) is 12.1 Å². The maximum Gasteiger partial charge on any atom is 0.228 e. The van der Waals surface area contributed by atoms with Crippen LogP contribution in [-0.4, -0.2) is 18.7 Å². The van der Waals surface area contributed by atoms with Gasteiger partial charge in [0.1, 0.15) is 0 Å². The molecule has 98 valence electrons. The van der Waals surface area contributed by atoms with Gasteiger partial charge < -0.3 is 4.74 Å². The normalized spacial score (nSPS) is 13.8. The summed E-state index contributed by atoms with van der Waals surface area (Å²) in [4.78, 5) is 24.5. The fourth-order valence-electron chi connectivity index (χ4n) is 2.41. The summed E-state index contributed by atoms with van der Waals surface area (Å²) >= 11 is 0. The lowest BCUT2D eigenvalue weighted by molar-refractivity contribution is 0.0917. The standard InChI is InChI=1S/C17H12O3/c1-20-15-10-14(18)16-12(11-6-3-2-4-7-11)8-5-9-13(16)17(15)19/h2-10H,1H3. The number of carbonyl (C=O) groups is 2. The maximum absolute atomic E-state index is 12.3. The third-order valence-electron chi connectivity index (χ3n) is 3.35. The summed E-state index contributed by atoms with van der Waals surface area (Å²) in [6.45, 7) is 0. The Morgan fingerprint density at radius 2 is 1.55 bits per heavy atom. The van der Waals surface area contributed by atoms with E-state index in [1.807, 2.05) is 36.4 Å². The lowest BCUT2D eigenvalue weighted by Crippen LogP contribution is -2.18. The Kier molecular flexibility index (Phi) is 2.95. The number of fused-ring (bicyclic) bond motifs is 1. The minimum absolute atomic E-state index is 0.0905. The Hall–Kier alpha value is -2.68. The van der Waals surface area contributed by atoms with Gasteiger partial charge in [0, 0.05) is 17.2 Å². The van der Waals surface area contributed by atoms with Crippen molar-refractivity contribution in [1.29, 1.82) is 0 Å². The van der Waals surface area contributed by atoms with Crippen LogP contribution in [0.2, 0.25) is 0 Å². The summed E-state index contributed by atoms with van der Waals surface area (Å²) in [6, 6.07) is 14.9. The van der Waals surface area contributed by atoms with E-state index in [2.05, 4.69) is 0 Å². The van der Waals surface area contributed by atoms with Crippen molar-refractivity contribution in [2.75, 3.05) is 7.11 Å². The van der Waals surface area contributed by atoms with Gasteiger partial charge in [0.2, 0.25) is 5.78 Å². The minimum Gasteiger partial charge on any atom is -0.492 e. The first kappa shape index (κ1) is 12.4. The average molecular weight is 264 g/mol. The van der Waals surface area contributed by atoms with Gasteiger partial charge in [-0.1, -0.05) is 48.5 Å². The zero-order chi connectivity index (χ0) is 14.1. The molecular formula is C17H12O3. The monoisotopic (exact) mass is 264 g/mol. The van der Waals surface area contributed by atoms with Crippen molar-refractivity contribution in [3.8, 4) is 11.1 Å². The molecule has 3 nitrogen and oxygen atoms in total. The van der Waals surface area contributed by atoms with E-state index in [0.29, 0.717) is 11.1 Å². The molecule has 0 heterocycles. The summed E-state index contributed by atoms with van der Waals surface area (Å²) in [5.74, 6) is -0.358. The maximum atomic E-state index is 12.3. The lowest BCUT2D eigenvalue weighted by Gasteiger charge is -2.17. The smallest absolute Gasteiger partial charge is 0.228 e. The Morgan fingerprint density at radius 3 is 2.25 bits per heavy atom. The Labute approximate surface area is 116 Å². The van der Waals surface area contributed by atoms with Crippen LogP contribution in [0.1, 0.15) is 20.7 Å². The average Bonchev–Trinajstić information content (AvgIpc) is 2.51. The highest BCUT2D eigenvalue weighted by molar-refractivity contribution is 6.25. The molecule has 3 heteroatoms. The number of rotatable bonds is 2. The molecule has 2 aromatic carbocycles. The number of carbonyl (C=O) groups excluding carboxylic acids is 2. The third kappa shape index (κ3) is 1.84. The van der Waals surface area contributed by atoms with Crippen molar-refractivity contribution < 1.29 is 14.3 Å². The predicted molar refractivity (Wildman–Crippen MR) is 75.6 cm³/mol. The molecule has 1 aliphatic rings. The first-order chi connectivity index (χ1) is 9.72. The quantitative estimate of drug-likeness (QED) is 0.836. The second kappa shape index (κ2) is 4.78. The Bertz CT molecular complexity index is 727. The first-order valence-electron chi connectivity index (χ1n) is 6.25. The van der Waals surface area contributed by atoms with Gasteiger partial charge in [0.05, 0.1) is 7.11 Å². The summed E-state index contributed by atoms with van der Waals surface area (Å²) in [6.07, 6.45) is 1.26. The topological polar surface area (TPSA) is 43.4 Å². The number of Topliss-reactive ketones (excluding diaryl/α,β-unsaturated/α-hetero) is 1. The third-order valence-corrected chi connectivity index (χ3v) is 3.35. The van der Waals surface area contributed by atoms with Crippen LogP contribution in [0, 0.1) is 0 Å². The number of benzene rings is 2. The summed E-state index contributed by atoms with van der Waals surface area (Å²) in [5.41, 5.74) is 2.54. The van der Waals surface area contributed by atoms with Crippen molar-refractivity contribution in [2.45, 2.75) is 0 Å². The van der Waals surface area contributed by atoms with E-state index < -0.39 is 0 Å².